The molecule has 0 saturated carbocycles. The lowest BCUT2D eigenvalue weighted by molar-refractivity contribution is -0.148. The van der Waals surface area contributed by atoms with E-state index in [0.29, 0.717) is 18.5 Å². The Balaban J connectivity index is 2.27. The maximum absolute atomic E-state index is 14.3. The molecule has 54 heavy (non-hydrogen) atoms. The van der Waals surface area contributed by atoms with Crippen molar-refractivity contribution in [3.8, 4) is 0 Å². The molecule has 308 valence electrons. The van der Waals surface area contributed by atoms with Crippen LogP contribution in [0.25, 0.3) is 0 Å². The van der Waals surface area contributed by atoms with Crippen LogP contribution in [-0.2, 0) is 28.7 Å². The van der Waals surface area contributed by atoms with Gasteiger partial charge in [-0.25, -0.2) is 0 Å². The minimum Gasteiger partial charge on any atom is -0.386 e. The fourth-order valence-corrected chi connectivity index (χ4v) is 7.93. The number of methoxy groups -OCH3 is 2. The van der Waals surface area contributed by atoms with Crippen LogP contribution in [0.5, 0.6) is 0 Å². The number of hydrogen-bond donors (Lipinski definition) is 3. The summed E-state index contributed by atoms with van der Waals surface area (Å²) in [5.41, 5.74) is 0.711. The normalized spacial score (nSPS) is 19.9. The summed E-state index contributed by atoms with van der Waals surface area (Å²) in [6.07, 6.45) is 0.136. The molecule has 3 N–H and O–H groups in total. The second kappa shape index (κ2) is 21.9. The quantitative estimate of drug-likeness (QED) is 0.165. The van der Waals surface area contributed by atoms with Crippen molar-refractivity contribution in [3.63, 3.8) is 0 Å². The lowest BCUT2D eigenvalue weighted by atomic mass is 9.89. The molecule has 0 aliphatic carbocycles. The number of likely N-dealkylation sites (tertiary alicyclic amines) is 1. The molecular formula is C42H73N5O7. The maximum atomic E-state index is 14.3. The molecule has 12 heteroatoms. The Morgan fingerprint density at radius 3 is 2.00 bits per heavy atom. The predicted molar refractivity (Wildman–Crippen MR) is 213 cm³/mol. The highest BCUT2D eigenvalue weighted by Crippen LogP contribution is 2.30. The molecule has 1 aliphatic heterocycles. The van der Waals surface area contributed by atoms with Crippen LogP contribution in [-0.4, -0.2) is 127 Å². The third-order valence-corrected chi connectivity index (χ3v) is 11.6. The lowest BCUT2D eigenvalue weighted by Crippen LogP contribution is -2.60. The first-order chi connectivity index (χ1) is 25.3. The van der Waals surface area contributed by atoms with Gasteiger partial charge in [0.15, 0.2) is 0 Å². The van der Waals surface area contributed by atoms with Gasteiger partial charge in [0, 0.05) is 33.9 Å². The Morgan fingerprint density at radius 2 is 1.50 bits per heavy atom. The number of amides is 4. The molecular weight excluding hydrogens is 686 g/mol. The maximum Gasteiger partial charge on any atom is 0.245 e. The van der Waals surface area contributed by atoms with Crippen molar-refractivity contribution < 1.29 is 33.8 Å². The summed E-state index contributed by atoms with van der Waals surface area (Å²) in [5, 5.41) is 16.9. The molecule has 2 rings (SSSR count). The van der Waals surface area contributed by atoms with Crippen LogP contribution in [0.15, 0.2) is 30.3 Å². The predicted octanol–water partition coefficient (Wildman–Crippen LogP) is 4.65. The largest absolute Gasteiger partial charge is 0.386 e. The second-order valence-corrected chi connectivity index (χ2v) is 16.4. The average Bonchev–Trinajstić information content (AvgIpc) is 3.62. The molecule has 4 amide bonds. The number of likely N-dealkylation sites (N-methyl/N-ethyl adjacent to an activating group) is 2. The third-order valence-electron chi connectivity index (χ3n) is 11.6. The molecule has 12 nitrogen and oxygen atoms in total. The van der Waals surface area contributed by atoms with Gasteiger partial charge in [0.1, 0.15) is 6.04 Å². The van der Waals surface area contributed by atoms with Crippen molar-refractivity contribution in [2.45, 2.75) is 149 Å². The van der Waals surface area contributed by atoms with Crippen molar-refractivity contribution in [1.82, 2.24) is 25.3 Å². The monoisotopic (exact) mass is 760 g/mol. The van der Waals surface area contributed by atoms with E-state index in [1.54, 1.807) is 44.9 Å². The molecule has 0 radical (unpaired) electrons. The summed E-state index contributed by atoms with van der Waals surface area (Å²) in [4.78, 5) is 61.3. The van der Waals surface area contributed by atoms with Gasteiger partial charge in [0.05, 0.1) is 54.8 Å². The number of nitrogens with one attached hydrogen (secondary N) is 2. The Bertz CT molecular complexity index is 1330. The second-order valence-electron chi connectivity index (χ2n) is 16.4. The minimum absolute atomic E-state index is 0.0197. The van der Waals surface area contributed by atoms with Gasteiger partial charge >= 0.3 is 0 Å². The van der Waals surface area contributed by atoms with Crippen LogP contribution in [0.4, 0.5) is 0 Å². The summed E-state index contributed by atoms with van der Waals surface area (Å²) < 4.78 is 12.0. The van der Waals surface area contributed by atoms with E-state index in [2.05, 4.69) is 17.6 Å². The van der Waals surface area contributed by atoms with Crippen LogP contribution in [0.3, 0.4) is 0 Å². The summed E-state index contributed by atoms with van der Waals surface area (Å²) >= 11 is 0. The van der Waals surface area contributed by atoms with Crippen LogP contribution < -0.4 is 10.6 Å². The fourth-order valence-electron chi connectivity index (χ4n) is 7.93. The van der Waals surface area contributed by atoms with Gasteiger partial charge in [-0.1, -0.05) is 85.2 Å². The number of rotatable bonds is 21. The van der Waals surface area contributed by atoms with Crippen LogP contribution in [0.1, 0.15) is 107 Å². The number of benzene rings is 1. The van der Waals surface area contributed by atoms with E-state index in [1.807, 2.05) is 90.7 Å². The number of aliphatic hydroxyl groups is 1. The Morgan fingerprint density at radius 1 is 0.889 bits per heavy atom. The zero-order valence-corrected chi connectivity index (χ0v) is 35.7. The number of carbonyl (C=O) groups excluding carboxylic acids is 4. The molecule has 10 atom stereocenters. The van der Waals surface area contributed by atoms with Gasteiger partial charge in [-0.3, -0.25) is 24.1 Å². The van der Waals surface area contributed by atoms with E-state index in [0.717, 1.165) is 12.8 Å². The van der Waals surface area contributed by atoms with Gasteiger partial charge in [0.2, 0.25) is 23.6 Å². The molecule has 1 heterocycles. The highest BCUT2D eigenvalue weighted by molar-refractivity contribution is 5.90. The van der Waals surface area contributed by atoms with Gasteiger partial charge in [-0.2, -0.15) is 0 Å². The third kappa shape index (κ3) is 12.0. The van der Waals surface area contributed by atoms with Gasteiger partial charge < -0.3 is 35.0 Å². The Hall–Kier alpha value is -3.06. The summed E-state index contributed by atoms with van der Waals surface area (Å²) in [6, 6.07) is 6.85. The summed E-state index contributed by atoms with van der Waals surface area (Å²) in [7, 11) is 6.80. The van der Waals surface area contributed by atoms with Crippen LogP contribution in [0, 0.1) is 23.7 Å². The smallest absolute Gasteiger partial charge is 0.245 e. The van der Waals surface area contributed by atoms with E-state index in [1.165, 1.54) is 0 Å². The molecule has 1 fully saturated rings. The van der Waals surface area contributed by atoms with E-state index < -0.39 is 48.4 Å². The fraction of sp³-hybridized carbons (Fsp3) is 0.762. The van der Waals surface area contributed by atoms with Crippen molar-refractivity contribution in [2.24, 2.45) is 23.7 Å². The van der Waals surface area contributed by atoms with E-state index in [9.17, 15) is 24.3 Å². The van der Waals surface area contributed by atoms with Crippen molar-refractivity contribution in [3.05, 3.63) is 35.9 Å². The SMILES string of the molecule is CCC(C)[C@@H]([C@@H](CC(=O)N1CCC[C@H]1[C@H](OC)[C@@H](C)C(=O)N[C@H](C)[C@@H](O)c1ccccc1)OC)N(C)C(=O)[C@@H](NC(=O)[C@H](C(C)C)N(C)C(C)C)C(C)C. The topological polar surface area (TPSA) is 141 Å². The summed E-state index contributed by atoms with van der Waals surface area (Å²) in [6.45, 7) is 20.1. The molecule has 0 spiro atoms. The van der Waals surface area contributed by atoms with Crippen molar-refractivity contribution in [1.29, 1.82) is 0 Å². The zero-order valence-electron chi connectivity index (χ0n) is 35.7. The zero-order chi connectivity index (χ0) is 41.0. The number of carbonyl (C=O) groups is 4. The average molecular weight is 760 g/mol. The van der Waals surface area contributed by atoms with Gasteiger partial charge in [0.25, 0.3) is 0 Å². The van der Waals surface area contributed by atoms with Crippen molar-refractivity contribution >= 4 is 23.6 Å². The molecule has 1 aromatic carbocycles. The molecule has 0 bridgehead atoms. The molecule has 1 aliphatic rings. The molecule has 0 aromatic heterocycles. The van der Waals surface area contributed by atoms with Gasteiger partial charge in [-0.05, 0) is 64.0 Å². The molecule has 1 aromatic rings. The van der Waals surface area contributed by atoms with E-state index >= 15 is 0 Å². The molecule has 1 unspecified atom stereocenters. The Labute approximate surface area is 326 Å². The standard InChI is InChI=1S/C42H73N5O7/c1-15-28(8)37(46(12)42(52)35(25(2)3)44-41(51)36(26(4)5)45(11)27(6)7)33(53-13)24-34(48)47-23-19-22-32(47)39(54-14)29(9)40(50)43-30(10)38(49)31-20-17-16-18-21-31/h16-18,20-21,25-30,32-33,35-39,49H,15,19,22-24H2,1-14H3,(H,43,50)(H,44,51)/t28?,29-,30-,32+,33-,35+,36+,37+,38-,39-/m1/s1. The highest BCUT2D eigenvalue weighted by Gasteiger charge is 2.43. The van der Waals surface area contributed by atoms with Crippen molar-refractivity contribution in [2.75, 3.05) is 34.9 Å². The number of hydrogen-bond acceptors (Lipinski definition) is 8. The first kappa shape index (κ1) is 47.1. The van der Waals surface area contributed by atoms with E-state index in [4.69, 9.17) is 9.47 Å². The number of nitrogens with zero attached hydrogens (tertiary/aromatic N) is 3. The first-order valence-electron chi connectivity index (χ1n) is 20.0. The number of ether oxygens (including phenoxy) is 2. The van der Waals surface area contributed by atoms with Crippen LogP contribution in [0.2, 0.25) is 0 Å². The van der Waals surface area contributed by atoms with Crippen LogP contribution >= 0.6 is 0 Å². The molecule has 1 saturated heterocycles. The first-order valence-corrected chi connectivity index (χ1v) is 20.0. The minimum atomic E-state index is -0.877. The Kier molecular flexibility index (Phi) is 19.1. The summed E-state index contributed by atoms with van der Waals surface area (Å²) in [5.74, 6) is -1.57. The van der Waals surface area contributed by atoms with Gasteiger partial charge in [-0.15, -0.1) is 0 Å². The van der Waals surface area contributed by atoms with E-state index in [-0.39, 0.29) is 59.9 Å². The number of aliphatic hydroxyl groups excluding tert-OH is 1. The highest BCUT2D eigenvalue weighted by atomic mass is 16.5. The lowest BCUT2D eigenvalue weighted by Gasteiger charge is -2.41.